The number of amides is 1. The van der Waals surface area contributed by atoms with Crippen molar-refractivity contribution in [2.24, 2.45) is 0 Å². The zero-order chi connectivity index (χ0) is 22.9. The Labute approximate surface area is 202 Å². The van der Waals surface area contributed by atoms with E-state index in [4.69, 9.17) is 32.9 Å². The lowest BCUT2D eigenvalue weighted by Gasteiger charge is -2.18. The van der Waals surface area contributed by atoms with Crippen molar-refractivity contribution >= 4 is 45.8 Å². The molecule has 0 spiro atoms. The minimum Gasteiger partial charge on any atom is -0.492 e. The zero-order valence-corrected chi connectivity index (χ0v) is 19.7. The molecule has 1 saturated heterocycles. The lowest BCUT2D eigenvalue weighted by molar-refractivity contribution is -0.117. The first-order chi connectivity index (χ1) is 16.0. The third-order valence-electron chi connectivity index (χ3n) is 6.03. The average Bonchev–Trinajstić information content (AvgIpc) is 3.37. The number of imidazole rings is 1. The monoisotopic (exact) mass is 479 g/mol. The van der Waals surface area contributed by atoms with Crippen LogP contribution in [0, 0.1) is 6.92 Å². The number of fused-ring (bicyclic) bond motifs is 1. The first kappa shape index (κ1) is 21.8. The highest BCUT2D eigenvalue weighted by molar-refractivity contribution is 6.31. The molecule has 1 aromatic heterocycles. The van der Waals surface area contributed by atoms with E-state index in [0.717, 1.165) is 38.9 Å². The highest BCUT2D eigenvalue weighted by Gasteiger charge is 2.34. The molecule has 1 unspecified atom stereocenters. The number of benzene rings is 3. The number of hydrogen-bond donors (Lipinski definition) is 0. The summed E-state index contributed by atoms with van der Waals surface area (Å²) in [6, 6.07) is 21.1. The van der Waals surface area contributed by atoms with Crippen molar-refractivity contribution in [2.45, 2.75) is 25.8 Å². The summed E-state index contributed by atoms with van der Waals surface area (Å²) < 4.78 is 8.19. The Bertz CT molecular complexity index is 1320. The molecule has 0 aliphatic carbocycles. The fourth-order valence-electron chi connectivity index (χ4n) is 4.35. The van der Waals surface area contributed by atoms with Crippen molar-refractivity contribution < 1.29 is 9.53 Å². The largest absolute Gasteiger partial charge is 0.492 e. The molecule has 3 aromatic carbocycles. The molecule has 168 valence electrons. The van der Waals surface area contributed by atoms with Crippen molar-refractivity contribution in [3.05, 3.63) is 88.2 Å². The number of carbonyl (C=O) groups excluding carboxylic acids is 1. The summed E-state index contributed by atoms with van der Waals surface area (Å²) in [4.78, 5) is 19.6. The molecule has 7 heteroatoms. The van der Waals surface area contributed by atoms with E-state index >= 15 is 0 Å². The molecule has 4 aromatic rings. The number of para-hydroxylation sites is 2. The number of halogens is 2. The van der Waals surface area contributed by atoms with Gasteiger partial charge in [-0.3, -0.25) is 4.79 Å². The van der Waals surface area contributed by atoms with Crippen LogP contribution >= 0.6 is 23.2 Å². The summed E-state index contributed by atoms with van der Waals surface area (Å²) in [6.07, 6.45) is 0.420. The maximum Gasteiger partial charge on any atom is 0.227 e. The molecule has 33 heavy (non-hydrogen) atoms. The Hall–Kier alpha value is -3.02. The highest BCUT2D eigenvalue weighted by atomic mass is 35.5. The summed E-state index contributed by atoms with van der Waals surface area (Å²) in [7, 11) is 0. The summed E-state index contributed by atoms with van der Waals surface area (Å²) in [5.74, 6) is 1.79. The van der Waals surface area contributed by atoms with Crippen molar-refractivity contribution in [1.29, 1.82) is 0 Å². The second kappa shape index (κ2) is 9.08. The number of ether oxygens (including phenoxy) is 1. The molecule has 1 atom stereocenters. The van der Waals surface area contributed by atoms with E-state index < -0.39 is 0 Å². The summed E-state index contributed by atoms with van der Waals surface area (Å²) in [5.41, 5.74) is 3.80. The van der Waals surface area contributed by atoms with Gasteiger partial charge in [-0.1, -0.05) is 35.3 Å². The average molecular weight is 480 g/mol. The van der Waals surface area contributed by atoms with E-state index in [1.165, 1.54) is 0 Å². The van der Waals surface area contributed by atoms with Gasteiger partial charge in [0, 0.05) is 34.6 Å². The van der Waals surface area contributed by atoms with Crippen LogP contribution < -0.4 is 9.64 Å². The zero-order valence-electron chi connectivity index (χ0n) is 18.2. The number of hydrogen-bond acceptors (Lipinski definition) is 3. The van der Waals surface area contributed by atoms with E-state index in [-0.39, 0.29) is 11.8 Å². The van der Waals surface area contributed by atoms with E-state index in [1.807, 2.05) is 72.5 Å². The predicted molar refractivity (Wildman–Crippen MR) is 133 cm³/mol. The predicted octanol–water partition coefficient (Wildman–Crippen LogP) is 6.25. The second-order valence-electron chi connectivity index (χ2n) is 8.25. The standard InChI is InChI=1S/C26H23Cl2N3O2/c1-17-14-21(10-11-22(17)28)33-13-12-30-24-5-3-2-4-23(24)29-26(30)18-15-25(32)31(16-18)20-8-6-19(27)7-9-20/h2-11,14,18H,12-13,15-16H2,1H3. The molecule has 2 heterocycles. The van der Waals surface area contributed by atoms with Gasteiger partial charge in [0.2, 0.25) is 5.91 Å². The molecule has 1 amide bonds. The number of aromatic nitrogens is 2. The van der Waals surface area contributed by atoms with Crippen LogP contribution in [0.15, 0.2) is 66.7 Å². The van der Waals surface area contributed by atoms with Crippen LogP contribution in [0.2, 0.25) is 10.0 Å². The number of carbonyl (C=O) groups is 1. The third kappa shape index (κ3) is 4.43. The lowest BCUT2D eigenvalue weighted by atomic mass is 10.1. The highest BCUT2D eigenvalue weighted by Crippen LogP contribution is 2.33. The van der Waals surface area contributed by atoms with Crippen molar-refractivity contribution in [3.8, 4) is 5.75 Å². The fraction of sp³-hybridized carbons (Fsp3) is 0.231. The minimum atomic E-state index is -0.00152. The molecule has 1 fully saturated rings. The Morgan fingerprint density at radius 2 is 1.85 bits per heavy atom. The smallest absolute Gasteiger partial charge is 0.227 e. The van der Waals surface area contributed by atoms with Crippen molar-refractivity contribution in [2.75, 3.05) is 18.1 Å². The SMILES string of the molecule is Cc1cc(OCCn2c(C3CC(=O)N(c4ccc(Cl)cc4)C3)nc3ccccc32)ccc1Cl. The maximum atomic E-state index is 12.8. The van der Waals surface area contributed by atoms with Gasteiger partial charge in [-0.15, -0.1) is 0 Å². The fourth-order valence-corrected chi connectivity index (χ4v) is 4.60. The number of aryl methyl sites for hydroxylation is 1. The molecule has 1 aliphatic rings. The molecule has 0 N–H and O–H groups in total. The van der Waals surface area contributed by atoms with Crippen LogP contribution in [0.3, 0.4) is 0 Å². The van der Waals surface area contributed by atoms with Crippen LogP contribution in [0.4, 0.5) is 5.69 Å². The van der Waals surface area contributed by atoms with Crippen LogP contribution in [0.5, 0.6) is 5.75 Å². The second-order valence-corrected chi connectivity index (χ2v) is 9.10. The van der Waals surface area contributed by atoms with Gasteiger partial charge < -0.3 is 14.2 Å². The van der Waals surface area contributed by atoms with Gasteiger partial charge in [0.15, 0.2) is 0 Å². The lowest BCUT2D eigenvalue weighted by Crippen LogP contribution is -2.24. The van der Waals surface area contributed by atoms with Crippen LogP contribution in [0.1, 0.15) is 23.7 Å². The van der Waals surface area contributed by atoms with E-state index in [1.54, 1.807) is 0 Å². The Balaban J connectivity index is 1.39. The topological polar surface area (TPSA) is 47.4 Å². The third-order valence-corrected chi connectivity index (χ3v) is 6.70. The number of rotatable bonds is 6. The molecule has 0 saturated carbocycles. The summed E-state index contributed by atoms with van der Waals surface area (Å²) in [6.45, 7) is 3.65. The first-order valence-electron chi connectivity index (χ1n) is 10.9. The maximum absolute atomic E-state index is 12.8. The van der Waals surface area contributed by atoms with Gasteiger partial charge in [-0.2, -0.15) is 0 Å². The van der Waals surface area contributed by atoms with Gasteiger partial charge in [0.1, 0.15) is 18.2 Å². The van der Waals surface area contributed by atoms with Crippen LogP contribution in [-0.4, -0.2) is 28.6 Å². The van der Waals surface area contributed by atoms with Gasteiger partial charge >= 0.3 is 0 Å². The van der Waals surface area contributed by atoms with Crippen LogP contribution in [0.25, 0.3) is 11.0 Å². The molecule has 5 nitrogen and oxygen atoms in total. The summed E-state index contributed by atoms with van der Waals surface area (Å²) in [5, 5.41) is 1.38. The molecular formula is C26H23Cl2N3O2. The van der Waals surface area contributed by atoms with Crippen molar-refractivity contribution in [1.82, 2.24) is 9.55 Å². The van der Waals surface area contributed by atoms with E-state index in [0.29, 0.717) is 31.1 Å². The normalized spacial score (nSPS) is 16.0. The first-order valence-corrected chi connectivity index (χ1v) is 11.7. The molecule has 1 aliphatic heterocycles. The van der Waals surface area contributed by atoms with E-state index in [9.17, 15) is 4.79 Å². The van der Waals surface area contributed by atoms with Gasteiger partial charge in [-0.25, -0.2) is 4.98 Å². The quantitative estimate of drug-likeness (QED) is 0.328. The van der Waals surface area contributed by atoms with Gasteiger partial charge in [0.25, 0.3) is 0 Å². The molecule has 5 rings (SSSR count). The van der Waals surface area contributed by atoms with E-state index in [2.05, 4.69) is 10.6 Å². The Morgan fingerprint density at radius 3 is 2.64 bits per heavy atom. The van der Waals surface area contributed by atoms with Crippen molar-refractivity contribution in [3.63, 3.8) is 0 Å². The number of anilines is 1. The van der Waals surface area contributed by atoms with Gasteiger partial charge in [0.05, 0.1) is 17.6 Å². The van der Waals surface area contributed by atoms with Crippen LogP contribution in [-0.2, 0) is 11.3 Å². The minimum absolute atomic E-state index is 0.00152. The Kier molecular flexibility index (Phi) is 6.00. The summed E-state index contributed by atoms with van der Waals surface area (Å²) >= 11 is 12.1. The molecular weight excluding hydrogens is 457 g/mol. The molecule has 0 bridgehead atoms. The van der Waals surface area contributed by atoms with Gasteiger partial charge in [-0.05, 0) is 67.1 Å². The number of nitrogens with zero attached hydrogens (tertiary/aromatic N) is 3. The molecule has 0 radical (unpaired) electrons. The Morgan fingerprint density at radius 1 is 1.06 bits per heavy atom.